The standard InChI is InChI=1S/C9H11Cl2N3OS/c10-9(11)3-5(9)4-16-8-13-12-7(15)14(8)6-1-2-6/h5-6H,1-4H2,(H,12,15)/t5-/m1/s1. The number of halogens is 2. The van der Waals surface area contributed by atoms with E-state index in [2.05, 4.69) is 10.2 Å². The Morgan fingerprint density at radius 2 is 2.25 bits per heavy atom. The summed E-state index contributed by atoms with van der Waals surface area (Å²) in [6.07, 6.45) is 2.98. The predicted octanol–water partition coefficient (Wildman–Crippen LogP) is 2.19. The summed E-state index contributed by atoms with van der Waals surface area (Å²) in [5.74, 6) is 1.14. The van der Waals surface area contributed by atoms with Crippen LogP contribution in [0.5, 0.6) is 0 Å². The number of hydrogen-bond acceptors (Lipinski definition) is 3. The van der Waals surface area contributed by atoms with Gasteiger partial charge in [-0.3, -0.25) is 4.57 Å². The largest absolute Gasteiger partial charge is 0.344 e. The lowest BCUT2D eigenvalue weighted by Gasteiger charge is -2.02. The number of nitrogens with one attached hydrogen (secondary N) is 1. The molecule has 0 radical (unpaired) electrons. The highest BCUT2D eigenvalue weighted by Gasteiger charge is 2.51. The Morgan fingerprint density at radius 1 is 1.56 bits per heavy atom. The van der Waals surface area contributed by atoms with Gasteiger partial charge < -0.3 is 0 Å². The number of hydrogen-bond donors (Lipinski definition) is 1. The number of alkyl halides is 2. The van der Waals surface area contributed by atoms with Crippen LogP contribution in [0, 0.1) is 5.92 Å². The van der Waals surface area contributed by atoms with E-state index in [1.165, 1.54) is 0 Å². The van der Waals surface area contributed by atoms with Crippen molar-refractivity contribution in [2.75, 3.05) is 5.75 Å². The Bertz CT molecular complexity index is 466. The van der Waals surface area contributed by atoms with Gasteiger partial charge in [-0.25, -0.2) is 9.89 Å². The first-order chi connectivity index (χ1) is 7.58. The van der Waals surface area contributed by atoms with Crippen LogP contribution in [-0.2, 0) is 0 Å². The van der Waals surface area contributed by atoms with Gasteiger partial charge in [0.05, 0.1) is 0 Å². The number of aromatic amines is 1. The lowest BCUT2D eigenvalue weighted by molar-refractivity contribution is 0.642. The monoisotopic (exact) mass is 279 g/mol. The highest BCUT2D eigenvalue weighted by atomic mass is 35.5. The Balaban J connectivity index is 1.68. The Hall–Kier alpha value is -0.130. The van der Waals surface area contributed by atoms with Crippen LogP contribution in [-0.4, -0.2) is 24.9 Å². The van der Waals surface area contributed by atoms with Crippen LogP contribution in [0.15, 0.2) is 9.95 Å². The lowest BCUT2D eigenvalue weighted by atomic mass is 10.5. The summed E-state index contributed by atoms with van der Waals surface area (Å²) in [6.45, 7) is 0. The highest BCUT2D eigenvalue weighted by molar-refractivity contribution is 7.99. The minimum Gasteiger partial charge on any atom is -0.267 e. The maximum atomic E-state index is 11.5. The van der Waals surface area contributed by atoms with Gasteiger partial charge in [0.25, 0.3) is 0 Å². The summed E-state index contributed by atoms with van der Waals surface area (Å²) >= 11 is 13.5. The molecule has 4 nitrogen and oxygen atoms in total. The SMILES string of the molecule is O=c1[nH]nc(SC[C@H]2CC2(Cl)Cl)n1C1CC1. The average molecular weight is 280 g/mol. The first kappa shape index (κ1) is 11.0. The van der Waals surface area contributed by atoms with E-state index in [4.69, 9.17) is 23.2 Å². The van der Waals surface area contributed by atoms with Gasteiger partial charge >= 0.3 is 5.69 Å². The van der Waals surface area contributed by atoms with Crippen LogP contribution in [0.3, 0.4) is 0 Å². The third kappa shape index (κ3) is 2.00. The normalized spacial score (nSPS) is 27.0. The highest BCUT2D eigenvalue weighted by Crippen LogP contribution is 2.54. The van der Waals surface area contributed by atoms with Crippen molar-refractivity contribution in [1.29, 1.82) is 0 Å². The van der Waals surface area contributed by atoms with Gasteiger partial charge in [0.2, 0.25) is 0 Å². The zero-order valence-corrected chi connectivity index (χ0v) is 10.8. The molecular weight excluding hydrogens is 269 g/mol. The second kappa shape index (κ2) is 3.68. The molecule has 16 heavy (non-hydrogen) atoms. The topological polar surface area (TPSA) is 50.7 Å². The maximum absolute atomic E-state index is 11.5. The minimum atomic E-state index is -0.548. The summed E-state index contributed by atoms with van der Waals surface area (Å²) in [6, 6.07) is 0.352. The van der Waals surface area contributed by atoms with Gasteiger partial charge in [-0.2, -0.15) is 0 Å². The molecule has 2 aliphatic carbocycles. The molecule has 1 N–H and O–H groups in total. The van der Waals surface area contributed by atoms with Crippen LogP contribution < -0.4 is 5.69 Å². The van der Waals surface area contributed by atoms with Crippen LogP contribution in [0.2, 0.25) is 0 Å². The third-order valence-corrected chi connectivity index (χ3v) is 4.99. The number of rotatable bonds is 4. The number of thioether (sulfide) groups is 1. The van der Waals surface area contributed by atoms with Crippen molar-refractivity contribution < 1.29 is 0 Å². The molecular formula is C9H11Cl2N3OS. The number of nitrogens with zero attached hydrogens (tertiary/aromatic N) is 2. The molecule has 0 spiro atoms. The molecule has 2 aliphatic rings. The number of H-pyrrole nitrogens is 1. The molecule has 0 aromatic carbocycles. The number of aromatic nitrogens is 3. The molecule has 0 aliphatic heterocycles. The van der Waals surface area contributed by atoms with E-state index in [1.807, 2.05) is 0 Å². The average Bonchev–Trinajstić information content (AvgIpc) is 3.09. The molecule has 0 saturated heterocycles. The van der Waals surface area contributed by atoms with Crippen molar-refractivity contribution in [2.24, 2.45) is 5.92 Å². The zero-order valence-electron chi connectivity index (χ0n) is 8.45. The molecule has 0 bridgehead atoms. The fourth-order valence-corrected chi connectivity index (χ4v) is 3.62. The Labute approximate surface area is 107 Å². The van der Waals surface area contributed by atoms with Crippen molar-refractivity contribution in [1.82, 2.24) is 14.8 Å². The van der Waals surface area contributed by atoms with E-state index in [1.54, 1.807) is 16.3 Å². The quantitative estimate of drug-likeness (QED) is 0.679. The van der Waals surface area contributed by atoms with E-state index >= 15 is 0 Å². The van der Waals surface area contributed by atoms with Gasteiger partial charge in [0, 0.05) is 17.7 Å². The fourth-order valence-electron chi connectivity index (χ4n) is 1.67. The molecule has 2 saturated carbocycles. The third-order valence-electron chi connectivity index (χ3n) is 2.95. The molecule has 3 rings (SSSR count). The molecule has 1 aromatic rings. The van der Waals surface area contributed by atoms with Crippen LogP contribution in [0.1, 0.15) is 25.3 Å². The van der Waals surface area contributed by atoms with E-state index in [0.29, 0.717) is 12.0 Å². The van der Waals surface area contributed by atoms with Gasteiger partial charge in [0.1, 0.15) is 4.33 Å². The summed E-state index contributed by atoms with van der Waals surface area (Å²) in [7, 11) is 0. The van der Waals surface area contributed by atoms with Gasteiger partial charge in [-0.1, -0.05) is 11.8 Å². The van der Waals surface area contributed by atoms with E-state index < -0.39 is 4.33 Å². The van der Waals surface area contributed by atoms with Crippen LogP contribution in [0.25, 0.3) is 0 Å². The Kier molecular flexibility index (Phi) is 2.53. The van der Waals surface area contributed by atoms with Crippen LogP contribution in [0.4, 0.5) is 0 Å². The molecule has 1 heterocycles. The van der Waals surface area contributed by atoms with E-state index in [-0.39, 0.29) is 5.69 Å². The van der Waals surface area contributed by atoms with Crippen molar-refractivity contribution in [3.8, 4) is 0 Å². The first-order valence-electron chi connectivity index (χ1n) is 5.25. The second-order valence-corrected chi connectivity index (χ2v) is 6.92. The van der Waals surface area contributed by atoms with Crippen molar-refractivity contribution in [2.45, 2.75) is 34.8 Å². The second-order valence-electron chi connectivity index (χ2n) is 4.39. The first-order valence-corrected chi connectivity index (χ1v) is 6.99. The zero-order chi connectivity index (χ0) is 11.3. The van der Waals surface area contributed by atoms with Gasteiger partial charge in [0.15, 0.2) is 5.16 Å². The fraction of sp³-hybridized carbons (Fsp3) is 0.778. The van der Waals surface area contributed by atoms with Crippen LogP contribution >= 0.6 is 35.0 Å². The van der Waals surface area contributed by atoms with Crippen molar-refractivity contribution >= 4 is 35.0 Å². The molecule has 1 atom stereocenters. The molecule has 1 aromatic heterocycles. The van der Waals surface area contributed by atoms with Crippen molar-refractivity contribution in [3.63, 3.8) is 0 Å². The summed E-state index contributed by atoms with van der Waals surface area (Å²) in [5, 5.41) is 7.29. The maximum Gasteiger partial charge on any atom is 0.344 e. The van der Waals surface area contributed by atoms with E-state index in [9.17, 15) is 4.79 Å². The summed E-state index contributed by atoms with van der Waals surface area (Å²) in [4.78, 5) is 11.5. The lowest BCUT2D eigenvalue weighted by Crippen LogP contribution is -2.16. The molecule has 0 amide bonds. The molecule has 0 unspecified atom stereocenters. The molecule has 2 fully saturated rings. The smallest absolute Gasteiger partial charge is 0.267 e. The predicted molar refractivity (Wildman–Crippen MR) is 64.4 cm³/mol. The molecule has 88 valence electrons. The summed E-state index contributed by atoms with van der Waals surface area (Å²) in [5.41, 5.74) is -0.108. The summed E-state index contributed by atoms with van der Waals surface area (Å²) < 4.78 is 1.20. The van der Waals surface area contributed by atoms with Gasteiger partial charge in [-0.15, -0.1) is 28.3 Å². The molecule has 7 heteroatoms. The van der Waals surface area contributed by atoms with Crippen molar-refractivity contribution in [3.05, 3.63) is 10.5 Å². The Morgan fingerprint density at radius 3 is 2.81 bits per heavy atom. The van der Waals surface area contributed by atoms with E-state index in [0.717, 1.165) is 30.2 Å². The minimum absolute atomic E-state index is 0.108. The van der Waals surface area contributed by atoms with Gasteiger partial charge in [-0.05, 0) is 19.3 Å².